The van der Waals surface area contributed by atoms with E-state index >= 15 is 0 Å². The molecule has 0 spiro atoms. The van der Waals surface area contributed by atoms with Crippen LogP contribution in [0.2, 0.25) is 0 Å². The molecule has 1 N–H and O–H groups in total. The molecule has 2 heterocycles. The molecule has 1 saturated heterocycles. The molecule has 0 saturated carbocycles. The third-order valence-electron chi connectivity index (χ3n) is 5.51. The van der Waals surface area contributed by atoms with E-state index in [0.717, 1.165) is 16.4 Å². The van der Waals surface area contributed by atoms with E-state index in [1.807, 2.05) is 51.8 Å². The summed E-state index contributed by atoms with van der Waals surface area (Å²) in [6.45, 7) is 4.63. The molecule has 1 aliphatic rings. The minimum Gasteiger partial charge on any atom is -0.339 e. The predicted molar refractivity (Wildman–Crippen MR) is 127 cm³/mol. The average molecular weight is 468 g/mol. The minimum atomic E-state index is -0.390. The van der Waals surface area contributed by atoms with Crippen LogP contribution in [0.15, 0.2) is 66.1 Å². The standard InChI is InChI=1S/C24H26FN5O2S/c1-18-5-2-3-8-21(18)30-10-9-26-24(30)33-17-23(32)29-13-11-28(12-14-29)16-22(31)27-20-7-4-6-19(25)15-20/h2-10,15H,11-14,16-17H2,1H3,(H,27,31). The molecule has 0 unspecified atom stereocenters. The number of carbonyl (C=O) groups is 2. The Hall–Kier alpha value is -3.17. The van der Waals surface area contributed by atoms with Crippen molar-refractivity contribution in [1.29, 1.82) is 0 Å². The molecule has 7 nitrogen and oxygen atoms in total. The number of thioether (sulfide) groups is 1. The number of aryl methyl sites for hydroxylation is 1. The Morgan fingerprint density at radius 3 is 2.64 bits per heavy atom. The van der Waals surface area contributed by atoms with E-state index in [0.29, 0.717) is 37.6 Å². The van der Waals surface area contributed by atoms with E-state index in [9.17, 15) is 14.0 Å². The van der Waals surface area contributed by atoms with Gasteiger partial charge in [0.05, 0.1) is 18.0 Å². The van der Waals surface area contributed by atoms with Crippen molar-refractivity contribution >= 4 is 29.3 Å². The maximum absolute atomic E-state index is 13.3. The lowest BCUT2D eigenvalue weighted by atomic mass is 10.2. The summed E-state index contributed by atoms with van der Waals surface area (Å²) in [7, 11) is 0. The molecular formula is C24H26FN5O2S. The average Bonchev–Trinajstić information content (AvgIpc) is 3.26. The number of hydrogen-bond donors (Lipinski definition) is 1. The number of halogens is 1. The highest BCUT2D eigenvalue weighted by Crippen LogP contribution is 2.23. The first-order valence-electron chi connectivity index (χ1n) is 10.8. The van der Waals surface area contributed by atoms with Crippen molar-refractivity contribution in [3.63, 3.8) is 0 Å². The second kappa shape index (κ2) is 10.6. The third kappa shape index (κ3) is 6.00. The summed E-state index contributed by atoms with van der Waals surface area (Å²) < 4.78 is 15.3. The molecule has 9 heteroatoms. The molecule has 1 aliphatic heterocycles. The molecule has 0 atom stereocenters. The normalized spacial score (nSPS) is 14.3. The fraction of sp³-hybridized carbons (Fsp3) is 0.292. The Bertz CT molecular complexity index is 1130. The van der Waals surface area contributed by atoms with E-state index < -0.39 is 0 Å². The van der Waals surface area contributed by atoms with Gasteiger partial charge in [0, 0.05) is 44.3 Å². The molecule has 0 bridgehead atoms. The molecular weight excluding hydrogens is 441 g/mol. The third-order valence-corrected chi connectivity index (χ3v) is 6.46. The van der Waals surface area contributed by atoms with Gasteiger partial charge in [-0.2, -0.15) is 0 Å². The summed E-state index contributed by atoms with van der Waals surface area (Å²) >= 11 is 1.43. The zero-order valence-electron chi connectivity index (χ0n) is 18.4. The Morgan fingerprint density at radius 1 is 1.09 bits per heavy atom. The number of hydrogen-bond acceptors (Lipinski definition) is 5. The number of nitrogens with zero attached hydrogens (tertiary/aromatic N) is 4. The van der Waals surface area contributed by atoms with E-state index in [4.69, 9.17) is 0 Å². The monoisotopic (exact) mass is 467 g/mol. The fourth-order valence-electron chi connectivity index (χ4n) is 3.76. The van der Waals surface area contributed by atoms with E-state index in [1.54, 1.807) is 18.3 Å². The Balaban J connectivity index is 1.24. The van der Waals surface area contributed by atoms with E-state index in [2.05, 4.69) is 10.3 Å². The van der Waals surface area contributed by atoms with Gasteiger partial charge in [-0.1, -0.05) is 36.0 Å². The highest BCUT2D eigenvalue weighted by atomic mass is 32.2. The number of benzene rings is 2. The predicted octanol–water partition coefficient (Wildman–Crippen LogP) is 3.19. The Labute approximate surface area is 196 Å². The lowest BCUT2D eigenvalue weighted by Crippen LogP contribution is -2.50. The summed E-state index contributed by atoms with van der Waals surface area (Å²) in [6, 6.07) is 13.9. The van der Waals surface area contributed by atoms with Crippen LogP contribution >= 0.6 is 11.8 Å². The van der Waals surface area contributed by atoms with Crippen LogP contribution < -0.4 is 5.32 Å². The van der Waals surface area contributed by atoms with Crippen LogP contribution in [0, 0.1) is 12.7 Å². The molecule has 2 amide bonds. The zero-order chi connectivity index (χ0) is 23.2. The molecule has 1 aromatic heterocycles. The van der Waals surface area contributed by atoms with Gasteiger partial charge in [0.2, 0.25) is 11.8 Å². The summed E-state index contributed by atoms with van der Waals surface area (Å²) in [4.78, 5) is 33.2. The molecule has 2 aromatic carbocycles. The van der Waals surface area contributed by atoms with Gasteiger partial charge in [-0.3, -0.25) is 19.1 Å². The fourth-order valence-corrected chi connectivity index (χ4v) is 4.63. The number of carbonyl (C=O) groups excluding carboxylic acids is 2. The van der Waals surface area contributed by atoms with E-state index in [1.165, 1.54) is 23.9 Å². The van der Waals surface area contributed by atoms with Crippen molar-refractivity contribution in [2.45, 2.75) is 12.1 Å². The summed E-state index contributed by atoms with van der Waals surface area (Å²) in [5.41, 5.74) is 2.63. The number of para-hydroxylation sites is 1. The summed E-state index contributed by atoms with van der Waals surface area (Å²) in [6.07, 6.45) is 3.65. The maximum atomic E-state index is 13.3. The van der Waals surface area contributed by atoms with Crippen LogP contribution in [0.1, 0.15) is 5.56 Å². The molecule has 33 heavy (non-hydrogen) atoms. The van der Waals surface area contributed by atoms with Crippen molar-refractivity contribution in [3.8, 4) is 5.69 Å². The SMILES string of the molecule is Cc1ccccc1-n1ccnc1SCC(=O)N1CCN(CC(=O)Nc2cccc(F)c2)CC1. The first kappa shape index (κ1) is 23.0. The second-order valence-electron chi connectivity index (χ2n) is 7.87. The van der Waals surface area contributed by atoms with Gasteiger partial charge in [-0.15, -0.1) is 0 Å². The van der Waals surface area contributed by atoms with Gasteiger partial charge in [0.15, 0.2) is 5.16 Å². The number of nitrogens with one attached hydrogen (secondary N) is 1. The minimum absolute atomic E-state index is 0.0585. The van der Waals surface area contributed by atoms with Crippen LogP contribution in [0.25, 0.3) is 5.69 Å². The smallest absolute Gasteiger partial charge is 0.238 e. The molecule has 1 fully saturated rings. The van der Waals surface area contributed by atoms with Gasteiger partial charge in [-0.25, -0.2) is 9.37 Å². The van der Waals surface area contributed by atoms with Gasteiger partial charge in [-0.05, 0) is 36.8 Å². The summed E-state index contributed by atoms with van der Waals surface area (Å²) in [5.74, 6) is -0.218. The van der Waals surface area contributed by atoms with Gasteiger partial charge >= 0.3 is 0 Å². The Morgan fingerprint density at radius 2 is 1.88 bits per heavy atom. The highest BCUT2D eigenvalue weighted by Gasteiger charge is 2.23. The van der Waals surface area contributed by atoms with Crippen molar-refractivity contribution in [3.05, 3.63) is 72.3 Å². The maximum Gasteiger partial charge on any atom is 0.238 e. The van der Waals surface area contributed by atoms with Crippen molar-refractivity contribution < 1.29 is 14.0 Å². The van der Waals surface area contributed by atoms with Crippen molar-refractivity contribution in [2.75, 3.05) is 43.8 Å². The van der Waals surface area contributed by atoms with Crippen LogP contribution in [0.3, 0.4) is 0 Å². The van der Waals surface area contributed by atoms with Gasteiger partial charge in [0.25, 0.3) is 0 Å². The van der Waals surface area contributed by atoms with Gasteiger partial charge in [0.1, 0.15) is 5.82 Å². The van der Waals surface area contributed by atoms with Crippen LogP contribution in [-0.4, -0.2) is 69.6 Å². The highest BCUT2D eigenvalue weighted by molar-refractivity contribution is 7.99. The number of aromatic nitrogens is 2. The lowest BCUT2D eigenvalue weighted by Gasteiger charge is -2.34. The van der Waals surface area contributed by atoms with Crippen molar-refractivity contribution in [1.82, 2.24) is 19.4 Å². The summed E-state index contributed by atoms with van der Waals surface area (Å²) in [5, 5.41) is 3.49. The molecule has 3 aromatic rings. The number of rotatable bonds is 7. The quantitative estimate of drug-likeness (QED) is 0.541. The Kier molecular flexibility index (Phi) is 7.41. The molecule has 0 aliphatic carbocycles. The van der Waals surface area contributed by atoms with Crippen LogP contribution in [0.5, 0.6) is 0 Å². The zero-order valence-corrected chi connectivity index (χ0v) is 19.2. The van der Waals surface area contributed by atoms with E-state index in [-0.39, 0.29) is 24.2 Å². The van der Waals surface area contributed by atoms with Crippen molar-refractivity contribution in [2.24, 2.45) is 0 Å². The molecule has 0 radical (unpaired) electrons. The molecule has 172 valence electrons. The second-order valence-corrected chi connectivity index (χ2v) is 8.81. The largest absolute Gasteiger partial charge is 0.339 e. The molecule has 4 rings (SSSR count). The van der Waals surface area contributed by atoms with Crippen LogP contribution in [-0.2, 0) is 9.59 Å². The number of piperazine rings is 1. The van der Waals surface area contributed by atoms with Gasteiger partial charge < -0.3 is 10.2 Å². The first-order valence-corrected chi connectivity index (χ1v) is 11.8. The van der Waals surface area contributed by atoms with Crippen LogP contribution in [0.4, 0.5) is 10.1 Å². The topological polar surface area (TPSA) is 70.5 Å². The number of anilines is 1. The first-order chi connectivity index (χ1) is 16.0. The lowest BCUT2D eigenvalue weighted by molar-refractivity contribution is -0.130. The number of imidazole rings is 1. The number of amides is 2.